The Balaban J connectivity index is 1.76. The molecular formula is C19H18FN3O2. The molecule has 6 heteroatoms. The second kappa shape index (κ2) is 6.84. The molecule has 0 aliphatic rings. The van der Waals surface area contributed by atoms with Crippen LogP contribution in [0, 0.1) is 26.6 Å². The second-order valence-electron chi connectivity index (χ2n) is 5.91. The topological polar surface area (TPSA) is 57.0 Å². The van der Waals surface area contributed by atoms with Gasteiger partial charge in [0.25, 0.3) is 0 Å². The van der Waals surface area contributed by atoms with Crippen molar-refractivity contribution in [1.29, 1.82) is 0 Å². The lowest BCUT2D eigenvalue weighted by molar-refractivity contribution is 0.0464. The number of hydrogen-bond donors (Lipinski definition) is 0. The minimum Gasteiger partial charge on any atom is -0.456 e. The summed E-state index contributed by atoms with van der Waals surface area (Å²) in [5.41, 5.74) is 4.63. The van der Waals surface area contributed by atoms with E-state index < -0.39 is 5.97 Å². The number of aromatic nitrogens is 3. The second-order valence-corrected chi connectivity index (χ2v) is 5.91. The average Bonchev–Trinajstić information content (AvgIpc) is 2.98. The average molecular weight is 339 g/mol. The van der Waals surface area contributed by atoms with Gasteiger partial charge in [-0.15, -0.1) is 5.10 Å². The van der Waals surface area contributed by atoms with E-state index in [1.165, 1.54) is 17.7 Å². The van der Waals surface area contributed by atoms with E-state index in [1.807, 2.05) is 32.0 Å². The lowest BCUT2D eigenvalue weighted by atomic mass is 10.1. The lowest BCUT2D eigenvalue weighted by Gasteiger charge is -2.07. The van der Waals surface area contributed by atoms with Gasteiger partial charge in [0.05, 0.1) is 11.4 Å². The van der Waals surface area contributed by atoms with E-state index in [0.717, 1.165) is 11.3 Å². The molecule has 1 aromatic heterocycles. The zero-order valence-electron chi connectivity index (χ0n) is 14.3. The summed E-state index contributed by atoms with van der Waals surface area (Å²) in [5.74, 6) is -0.890. The van der Waals surface area contributed by atoms with Crippen LogP contribution in [0.25, 0.3) is 5.69 Å². The van der Waals surface area contributed by atoms with Gasteiger partial charge in [0.1, 0.15) is 12.4 Å². The van der Waals surface area contributed by atoms with Crippen molar-refractivity contribution in [3.8, 4) is 5.69 Å². The number of esters is 1. The van der Waals surface area contributed by atoms with Gasteiger partial charge in [0.2, 0.25) is 0 Å². The highest BCUT2D eigenvalue weighted by atomic mass is 19.1. The number of halogens is 1. The van der Waals surface area contributed by atoms with Gasteiger partial charge in [-0.05, 0) is 61.7 Å². The van der Waals surface area contributed by atoms with Crippen molar-refractivity contribution in [1.82, 2.24) is 15.0 Å². The third-order valence-corrected chi connectivity index (χ3v) is 4.11. The number of benzene rings is 2. The summed E-state index contributed by atoms with van der Waals surface area (Å²) >= 11 is 0. The first kappa shape index (κ1) is 16.8. The number of carbonyl (C=O) groups is 1. The fraction of sp³-hybridized carbons (Fsp3) is 0.211. The van der Waals surface area contributed by atoms with Gasteiger partial charge in [-0.3, -0.25) is 0 Å². The van der Waals surface area contributed by atoms with E-state index in [2.05, 4.69) is 10.3 Å². The fourth-order valence-electron chi connectivity index (χ4n) is 2.42. The Bertz CT molecular complexity index is 917. The Morgan fingerprint density at radius 2 is 1.80 bits per heavy atom. The van der Waals surface area contributed by atoms with Crippen molar-refractivity contribution in [3.05, 3.63) is 76.4 Å². The number of rotatable bonds is 4. The Hall–Kier alpha value is -3.02. The SMILES string of the molecule is Cc1ccc(-n2nnc(C(=O)OCc3ccc(F)cc3)c2C)cc1C. The molecule has 25 heavy (non-hydrogen) atoms. The number of ether oxygens (including phenoxy) is 1. The highest BCUT2D eigenvalue weighted by molar-refractivity contribution is 5.88. The van der Waals surface area contributed by atoms with E-state index >= 15 is 0 Å². The molecule has 1 heterocycles. The predicted octanol–water partition coefficient (Wildman–Crippen LogP) is 3.69. The van der Waals surface area contributed by atoms with E-state index in [1.54, 1.807) is 23.7 Å². The molecule has 0 saturated carbocycles. The molecule has 0 fully saturated rings. The third-order valence-electron chi connectivity index (χ3n) is 4.11. The number of carbonyl (C=O) groups excluding carboxylic acids is 1. The van der Waals surface area contributed by atoms with Crippen molar-refractivity contribution in [2.24, 2.45) is 0 Å². The summed E-state index contributed by atoms with van der Waals surface area (Å²) in [7, 11) is 0. The first-order valence-electron chi connectivity index (χ1n) is 7.87. The van der Waals surface area contributed by atoms with Gasteiger partial charge in [-0.25, -0.2) is 13.9 Å². The molecule has 0 N–H and O–H groups in total. The summed E-state index contributed by atoms with van der Waals surface area (Å²) < 4.78 is 19.8. The van der Waals surface area contributed by atoms with Crippen molar-refractivity contribution in [2.75, 3.05) is 0 Å². The van der Waals surface area contributed by atoms with Crippen LogP contribution in [-0.2, 0) is 11.3 Å². The summed E-state index contributed by atoms with van der Waals surface area (Å²) in [6.45, 7) is 5.87. The van der Waals surface area contributed by atoms with Crippen molar-refractivity contribution < 1.29 is 13.9 Å². The highest BCUT2D eigenvalue weighted by Gasteiger charge is 2.19. The van der Waals surface area contributed by atoms with E-state index in [9.17, 15) is 9.18 Å². The molecule has 0 bridgehead atoms. The van der Waals surface area contributed by atoms with Crippen LogP contribution in [0.3, 0.4) is 0 Å². The summed E-state index contributed by atoms with van der Waals surface area (Å²) in [6.07, 6.45) is 0. The molecule has 0 atom stereocenters. The minimum atomic E-state index is -0.558. The van der Waals surface area contributed by atoms with E-state index in [0.29, 0.717) is 11.3 Å². The summed E-state index contributed by atoms with van der Waals surface area (Å²) in [4.78, 5) is 12.3. The van der Waals surface area contributed by atoms with Crippen LogP contribution >= 0.6 is 0 Å². The lowest BCUT2D eigenvalue weighted by Crippen LogP contribution is -2.08. The van der Waals surface area contributed by atoms with Crippen LogP contribution in [0.15, 0.2) is 42.5 Å². The molecule has 3 rings (SSSR count). The molecule has 0 saturated heterocycles. The van der Waals surface area contributed by atoms with Gasteiger partial charge < -0.3 is 4.74 Å². The standard InChI is InChI=1S/C19H18FN3O2/c1-12-4-9-17(10-13(12)2)23-14(3)18(21-22-23)19(24)25-11-15-5-7-16(20)8-6-15/h4-10H,11H2,1-3H3. The van der Waals surface area contributed by atoms with Crippen LogP contribution in [0.4, 0.5) is 4.39 Å². The van der Waals surface area contributed by atoms with Crippen molar-refractivity contribution in [2.45, 2.75) is 27.4 Å². The van der Waals surface area contributed by atoms with Crippen LogP contribution in [-0.4, -0.2) is 21.0 Å². The molecule has 0 amide bonds. The Morgan fingerprint density at radius 3 is 2.48 bits per heavy atom. The van der Waals surface area contributed by atoms with Gasteiger partial charge in [-0.1, -0.05) is 23.4 Å². The van der Waals surface area contributed by atoms with Crippen LogP contribution < -0.4 is 0 Å². The van der Waals surface area contributed by atoms with Crippen molar-refractivity contribution >= 4 is 5.97 Å². The molecule has 5 nitrogen and oxygen atoms in total. The van der Waals surface area contributed by atoms with Crippen LogP contribution in [0.1, 0.15) is 32.9 Å². The maximum Gasteiger partial charge on any atom is 0.361 e. The Morgan fingerprint density at radius 1 is 1.08 bits per heavy atom. The molecule has 0 spiro atoms. The molecule has 0 radical (unpaired) electrons. The predicted molar refractivity (Wildman–Crippen MR) is 91.1 cm³/mol. The van der Waals surface area contributed by atoms with Gasteiger partial charge >= 0.3 is 5.97 Å². The van der Waals surface area contributed by atoms with Gasteiger partial charge in [0.15, 0.2) is 5.69 Å². The minimum absolute atomic E-state index is 0.0506. The number of aryl methyl sites for hydroxylation is 2. The number of hydrogen-bond acceptors (Lipinski definition) is 4. The van der Waals surface area contributed by atoms with E-state index in [4.69, 9.17) is 4.74 Å². The van der Waals surface area contributed by atoms with Gasteiger partial charge in [-0.2, -0.15) is 0 Å². The third kappa shape index (κ3) is 3.57. The molecule has 0 aliphatic heterocycles. The van der Waals surface area contributed by atoms with Gasteiger partial charge in [0, 0.05) is 0 Å². The first-order valence-corrected chi connectivity index (χ1v) is 7.87. The molecule has 2 aromatic carbocycles. The van der Waals surface area contributed by atoms with Crippen molar-refractivity contribution in [3.63, 3.8) is 0 Å². The van der Waals surface area contributed by atoms with Crippen LogP contribution in [0.5, 0.6) is 0 Å². The molecule has 128 valence electrons. The zero-order chi connectivity index (χ0) is 18.0. The fourth-order valence-corrected chi connectivity index (χ4v) is 2.42. The molecule has 0 unspecified atom stereocenters. The quantitative estimate of drug-likeness (QED) is 0.680. The first-order chi connectivity index (χ1) is 12.0. The Labute approximate surface area is 145 Å². The summed E-state index contributed by atoms with van der Waals surface area (Å²) in [5, 5.41) is 8.01. The number of nitrogens with zero attached hydrogens (tertiary/aromatic N) is 3. The maximum atomic E-state index is 12.9. The molecule has 3 aromatic rings. The summed E-state index contributed by atoms with van der Waals surface area (Å²) in [6, 6.07) is 11.7. The smallest absolute Gasteiger partial charge is 0.361 e. The monoisotopic (exact) mass is 339 g/mol. The Kier molecular flexibility index (Phi) is 4.61. The zero-order valence-corrected chi connectivity index (χ0v) is 14.3. The molecular weight excluding hydrogens is 321 g/mol. The van der Waals surface area contributed by atoms with E-state index in [-0.39, 0.29) is 18.1 Å². The normalized spacial score (nSPS) is 10.7. The maximum absolute atomic E-state index is 12.9. The molecule has 0 aliphatic carbocycles. The highest BCUT2D eigenvalue weighted by Crippen LogP contribution is 2.17. The largest absolute Gasteiger partial charge is 0.456 e. The van der Waals surface area contributed by atoms with Crippen LogP contribution in [0.2, 0.25) is 0 Å².